The van der Waals surface area contributed by atoms with Gasteiger partial charge >= 0.3 is 0 Å². The van der Waals surface area contributed by atoms with Crippen LogP contribution in [0.5, 0.6) is 11.5 Å². The van der Waals surface area contributed by atoms with Gasteiger partial charge in [0.1, 0.15) is 11.5 Å². The molecule has 0 bridgehead atoms. The minimum absolute atomic E-state index is 0.881. The van der Waals surface area contributed by atoms with E-state index in [9.17, 15) is 0 Å². The molecule has 146 valence electrons. The topological polar surface area (TPSA) is 9.23 Å². The standard InChI is InChI=1S/C14H14O.C14H14/c1-11-6-8-13(9-7-11)15-14-5-3-4-12(2)10-14;1-11-3-7-13(8-4-11)14-9-5-12(2)6-10-14/h3-10H,1-2H3;3-10H,1-2H3. The van der Waals surface area contributed by atoms with Crippen LogP contribution in [0.1, 0.15) is 22.3 Å². The van der Waals surface area contributed by atoms with Crippen molar-refractivity contribution in [3.8, 4) is 22.6 Å². The molecule has 0 N–H and O–H groups in total. The van der Waals surface area contributed by atoms with Gasteiger partial charge in [-0.15, -0.1) is 0 Å². The van der Waals surface area contributed by atoms with Crippen LogP contribution < -0.4 is 4.74 Å². The number of benzene rings is 4. The SMILES string of the molecule is Cc1ccc(-c2ccc(C)cc2)cc1.Cc1ccc(Oc2cccc(C)c2)cc1. The lowest BCUT2D eigenvalue weighted by atomic mass is 10.0. The second-order valence-electron chi connectivity index (χ2n) is 7.46. The van der Waals surface area contributed by atoms with E-state index in [1.165, 1.54) is 33.4 Å². The van der Waals surface area contributed by atoms with Crippen LogP contribution >= 0.6 is 0 Å². The van der Waals surface area contributed by atoms with Gasteiger partial charge in [0.25, 0.3) is 0 Å². The average molecular weight is 381 g/mol. The number of rotatable bonds is 3. The third-order valence-electron chi connectivity index (χ3n) is 4.68. The van der Waals surface area contributed by atoms with Crippen LogP contribution in [0.15, 0.2) is 97.1 Å². The van der Waals surface area contributed by atoms with Crippen molar-refractivity contribution in [1.29, 1.82) is 0 Å². The van der Waals surface area contributed by atoms with Crippen LogP contribution in [0, 0.1) is 27.7 Å². The summed E-state index contributed by atoms with van der Waals surface area (Å²) in [7, 11) is 0. The lowest BCUT2D eigenvalue weighted by molar-refractivity contribution is 0.482. The van der Waals surface area contributed by atoms with Gasteiger partial charge in [-0.25, -0.2) is 0 Å². The molecule has 0 saturated carbocycles. The van der Waals surface area contributed by atoms with E-state index in [2.05, 4.69) is 82.3 Å². The summed E-state index contributed by atoms with van der Waals surface area (Å²) in [6.07, 6.45) is 0. The highest BCUT2D eigenvalue weighted by atomic mass is 16.5. The first kappa shape index (κ1) is 20.4. The summed E-state index contributed by atoms with van der Waals surface area (Å²) >= 11 is 0. The molecule has 4 rings (SSSR count). The Hall–Kier alpha value is -3.32. The van der Waals surface area contributed by atoms with Gasteiger partial charge in [0, 0.05) is 0 Å². The third kappa shape index (κ3) is 6.36. The Morgan fingerprint density at radius 1 is 0.414 bits per heavy atom. The van der Waals surface area contributed by atoms with Crippen molar-refractivity contribution in [1.82, 2.24) is 0 Å². The van der Waals surface area contributed by atoms with Gasteiger partial charge in [0.15, 0.2) is 0 Å². The first-order chi connectivity index (χ1) is 14.0. The van der Waals surface area contributed by atoms with Crippen LogP contribution in [0.25, 0.3) is 11.1 Å². The highest BCUT2D eigenvalue weighted by Crippen LogP contribution is 2.22. The van der Waals surface area contributed by atoms with Crippen molar-refractivity contribution < 1.29 is 4.74 Å². The number of hydrogen-bond acceptors (Lipinski definition) is 1. The third-order valence-corrected chi connectivity index (χ3v) is 4.68. The molecule has 0 atom stereocenters. The molecule has 0 spiro atoms. The van der Waals surface area contributed by atoms with Gasteiger partial charge in [-0.05, 0) is 68.7 Å². The molecule has 0 aromatic heterocycles. The van der Waals surface area contributed by atoms with E-state index < -0.39 is 0 Å². The minimum atomic E-state index is 0.881. The molecule has 0 radical (unpaired) electrons. The molecule has 29 heavy (non-hydrogen) atoms. The molecule has 4 aromatic rings. The zero-order valence-corrected chi connectivity index (χ0v) is 17.6. The number of aryl methyl sites for hydroxylation is 4. The lowest BCUT2D eigenvalue weighted by Gasteiger charge is -2.06. The summed E-state index contributed by atoms with van der Waals surface area (Å²) in [5, 5.41) is 0. The van der Waals surface area contributed by atoms with Crippen molar-refractivity contribution >= 4 is 0 Å². The molecule has 4 aromatic carbocycles. The number of hydrogen-bond donors (Lipinski definition) is 0. The fourth-order valence-electron chi connectivity index (χ4n) is 2.91. The highest BCUT2D eigenvalue weighted by Gasteiger charge is 1.97. The summed E-state index contributed by atoms with van der Waals surface area (Å²) in [6, 6.07) is 33.4. The normalized spacial score (nSPS) is 10.1. The fraction of sp³-hybridized carbons (Fsp3) is 0.143. The maximum atomic E-state index is 5.71. The molecule has 1 nitrogen and oxygen atoms in total. The van der Waals surface area contributed by atoms with Gasteiger partial charge < -0.3 is 4.74 Å². The van der Waals surface area contributed by atoms with Gasteiger partial charge in [-0.1, -0.05) is 89.5 Å². The van der Waals surface area contributed by atoms with Crippen LogP contribution in [0.4, 0.5) is 0 Å². The van der Waals surface area contributed by atoms with Crippen molar-refractivity contribution in [2.24, 2.45) is 0 Å². The molecule has 0 amide bonds. The molecule has 0 aliphatic carbocycles. The number of ether oxygens (including phenoxy) is 1. The van der Waals surface area contributed by atoms with Crippen molar-refractivity contribution in [3.63, 3.8) is 0 Å². The second-order valence-corrected chi connectivity index (χ2v) is 7.46. The van der Waals surface area contributed by atoms with Crippen molar-refractivity contribution in [3.05, 3.63) is 119 Å². The summed E-state index contributed by atoms with van der Waals surface area (Å²) in [5.74, 6) is 1.77. The van der Waals surface area contributed by atoms with Gasteiger partial charge in [0.05, 0.1) is 0 Å². The van der Waals surface area contributed by atoms with E-state index in [4.69, 9.17) is 4.74 Å². The predicted molar refractivity (Wildman–Crippen MR) is 124 cm³/mol. The zero-order chi connectivity index (χ0) is 20.6. The highest BCUT2D eigenvalue weighted by molar-refractivity contribution is 5.63. The molecule has 0 fully saturated rings. The molecular weight excluding hydrogens is 352 g/mol. The molecule has 0 heterocycles. The molecule has 0 aliphatic heterocycles. The Bertz CT molecular complexity index is 983. The van der Waals surface area contributed by atoms with E-state index >= 15 is 0 Å². The van der Waals surface area contributed by atoms with E-state index in [0.717, 1.165) is 11.5 Å². The van der Waals surface area contributed by atoms with Crippen LogP contribution in [-0.2, 0) is 0 Å². The predicted octanol–water partition coefficient (Wildman–Crippen LogP) is 8.07. The molecule has 0 unspecified atom stereocenters. The minimum Gasteiger partial charge on any atom is -0.457 e. The largest absolute Gasteiger partial charge is 0.457 e. The Kier molecular flexibility index (Phi) is 6.86. The van der Waals surface area contributed by atoms with Gasteiger partial charge in [-0.3, -0.25) is 0 Å². The van der Waals surface area contributed by atoms with E-state index in [-0.39, 0.29) is 0 Å². The van der Waals surface area contributed by atoms with E-state index in [1.807, 2.05) is 42.5 Å². The molecular formula is C28H28O. The maximum Gasteiger partial charge on any atom is 0.127 e. The quantitative estimate of drug-likeness (QED) is 0.349. The van der Waals surface area contributed by atoms with Crippen LogP contribution in [-0.4, -0.2) is 0 Å². The summed E-state index contributed by atoms with van der Waals surface area (Å²) < 4.78 is 5.71. The van der Waals surface area contributed by atoms with E-state index in [1.54, 1.807) is 0 Å². The summed E-state index contributed by atoms with van der Waals surface area (Å²) in [4.78, 5) is 0. The summed E-state index contributed by atoms with van der Waals surface area (Å²) in [6.45, 7) is 8.34. The van der Waals surface area contributed by atoms with Crippen molar-refractivity contribution in [2.75, 3.05) is 0 Å². The molecule has 0 aliphatic rings. The molecule has 1 heteroatoms. The fourth-order valence-corrected chi connectivity index (χ4v) is 2.91. The summed E-state index contributed by atoms with van der Waals surface area (Å²) in [5.41, 5.74) is 7.64. The Balaban J connectivity index is 0.000000166. The Morgan fingerprint density at radius 3 is 1.31 bits per heavy atom. The zero-order valence-electron chi connectivity index (χ0n) is 17.6. The van der Waals surface area contributed by atoms with Crippen LogP contribution in [0.3, 0.4) is 0 Å². The Morgan fingerprint density at radius 2 is 0.862 bits per heavy atom. The van der Waals surface area contributed by atoms with Gasteiger partial charge in [-0.2, -0.15) is 0 Å². The molecule has 0 saturated heterocycles. The van der Waals surface area contributed by atoms with Crippen molar-refractivity contribution in [2.45, 2.75) is 27.7 Å². The van der Waals surface area contributed by atoms with Crippen LogP contribution in [0.2, 0.25) is 0 Å². The average Bonchev–Trinajstić information content (AvgIpc) is 2.72. The smallest absolute Gasteiger partial charge is 0.127 e. The lowest BCUT2D eigenvalue weighted by Crippen LogP contribution is -1.84. The first-order valence-electron chi connectivity index (χ1n) is 9.94. The first-order valence-corrected chi connectivity index (χ1v) is 9.94. The van der Waals surface area contributed by atoms with E-state index in [0.29, 0.717) is 0 Å². The maximum absolute atomic E-state index is 5.71. The second kappa shape index (κ2) is 9.75. The monoisotopic (exact) mass is 380 g/mol. The Labute approximate surface area is 174 Å². The van der Waals surface area contributed by atoms with Gasteiger partial charge in [0.2, 0.25) is 0 Å².